The van der Waals surface area contributed by atoms with Gasteiger partial charge in [-0.15, -0.1) is 0 Å². The molecule has 0 unspecified atom stereocenters. The third kappa shape index (κ3) is 5.21. The van der Waals surface area contributed by atoms with Crippen molar-refractivity contribution in [3.05, 3.63) is 85.1 Å². The normalized spacial score (nSPS) is 13.7. The van der Waals surface area contributed by atoms with Gasteiger partial charge in [0.1, 0.15) is 0 Å². The summed E-state index contributed by atoms with van der Waals surface area (Å²) in [4.78, 5) is 12.7. The fraction of sp³-hybridized carbons (Fsp3) is 0.0500. The van der Waals surface area contributed by atoms with E-state index in [0.717, 1.165) is 0 Å². The number of carbonyl (C=O) groups is 1. The van der Waals surface area contributed by atoms with Gasteiger partial charge in [0, 0.05) is 31.0 Å². The van der Waals surface area contributed by atoms with E-state index in [-0.39, 0.29) is 114 Å². The molecule has 0 spiro atoms. The number of esters is 1. The summed E-state index contributed by atoms with van der Waals surface area (Å²) in [6.45, 7) is 0. The zero-order valence-electron chi connectivity index (χ0n) is 15.8. The molecule has 0 radical (unpaired) electrons. The van der Waals surface area contributed by atoms with Crippen molar-refractivity contribution in [3.63, 3.8) is 0 Å². The van der Waals surface area contributed by atoms with Crippen LogP contribution in [0.5, 0.6) is 11.5 Å². The molecule has 1 heterocycles. The molecule has 0 saturated carbocycles. The molecule has 30 heavy (non-hydrogen) atoms. The Morgan fingerprint density at radius 2 is 1.13 bits per heavy atom. The van der Waals surface area contributed by atoms with Gasteiger partial charge in [-0.3, -0.25) is 0 Å². The van der Waals surface area contributed by atoms with Crippen molar-refractivity contribution in [2.75, 3.05) is 0 Å². The molecule has 3 aromatic carbocycles. The predicted molar refractivity (Wildman–Crippen MR) is 134 cm³/mol. The van der Waals surface area contributed by atoms with Gasteiger partial charge in [-0.25, -0.2) is 4.79 Å². The van der Waals surface area contributed by atoms with Gasteiger partial charge in [-0.05, 0) is 121 Å². The number of cyclic esters (lactones) is 1. The molecule has 142 valence electrons. The zero-order valence-corrected chi connectivity index (χ0v) is 30.6. The summed E-state index contributed by atoms with van der Waals surface area (Å²) >= 11 is 8.00. The van der Waals surface area contributed by atoms with Crippen LogP contribution in [0.15, 0.2) is 48.5 Å². The molecule has 3 aromatic rings. The van der Waals surface area contributed by atoms with Crippen molar-refractivity contribution in [3.8, 4) is 11.5 Å². The Labute approximate surface area is 313 Å². The van der Waals surface area contributed by atoms with Crippen LogP contribution in [0.2, 0.25) is 0 Å². The molecule has 0 atom stereocenters. The number of rotatable bonds is 2. The molecule has 0 amide bonds. The molecule has 0 saturated heterocycles. The molecule has 1 aliphatic heterocycles. The summed E-state index contributed by atoms with van der Waals surface area (Å²) in [6.07, 6.45) is 0. The largest absolute Gasteiger partial charge is 1.00 e. The van der Waals surface area contributed by atoms with E-state index in [1.165, 1.54) is 0 Å². The fourth-order valence-corrected chi connectivity index (χ4v) is 6.88. The molecule has 0 aliphatic carbocycles. The Hall–Kier alpha value is 2.92. The first-order chi connectivity index (χ1) is 13.3. The van der Waals surface area contributed by atoms with Gasteiger partial charge in [0.05, 0.1) is 5.56 Å². The van der Waals surface area contributed by atoms with E-state index in [0.29, 0.717) is 36.5 Å². The van der Waals surface area contributed by atoms with Gasteiger partial charge in [-0.1, -0.05) is 29.7 Å². The molecule has 1 aliphatic rings. The van der Waals surface area contributed by atoms with Crippen LogP contribution in [0.1, 0.15) is 27.0 Å². The van der Waals surface area contributed by atoms with Crippen molar-refractivity contribution < 1.29 is 123 Å². The van der Waals surface area contributed by atoms with Gasteiger partial charge in [0.15, 0.2) is 5.60 Å². The minimum absolute atomic E-state index is 0. The maximum Gasteiger partial charge on any atom is 1.00 e. The zero-order chi connectivity index (χ0) is 20.2. The quantitative estimate of drug-likeness (QED) is 0.183. The van der Waals surface area contributed by atoms with E-state index in [2.05, 4.69) is 0 Å². The number of hydrogen-bond donors (Lipinski definition) is 0. The minimum Gasteiger partial charge on any atom is -0.871 e. The average Bonchev–Trinajstić information content (AvgIpc) is 2.97. The van der Waals surface area contributed by atoms with Crippen LogP contribution in [0.4, 0.5) is 0 Å². The Kier molecular flexibility index (Phi) is 11.4. The van der Waals surface area contributed by atoms with Gasteiger partial charge < -0.3 is 14.9 Å². The summed E-state index contributed by atoms with van der Waals surface area (Å²) in [7, 11) is 0. The van der Waals surface area contributed by atoms with Crippen molar-refractivity contribution in [1.82, 2.24) is 0 Å². The van der Waals surface area contributed by atoms with Crippen LogP contribution in [-0.4, -0.2) is 5.97 Å². The monoisotopic (exact) mass is 898 g/mol. The Bertz CT molecular complexity index is 1050. The number of benzene rings is 3. The summed E-state index contributed by atoms with van der Waals surface area (Å²) in [6, 6.07) is 14.3. The molecule has 10 heteroatoms. The maximum absolute atomic E-state index is 12.7. The molecule has 4 nitrogen and oxygen atoms in total. The minimum atomic E-state index is -1.21. The first-order valence-electron chi connectivity index (χ1n) is 7.91. The van der Waals surface area contributed by atoms with E-state index in [1.54, 1.807) is 36.4 Å². The van der Waals surface area contributed by atoms with Crippen molar-refractivity contribution >= 4 is 96.3 Å². The van der Waals surface area contributed by atoms with Crippen molar-refractivity contribution in [2.24, 2.45) is 0 Å². The van der Waals surface area contributed by atoms with Crippen LogP contribution >= 0.6 is 90.4 Å². The molecule has 0 bridgehead atoms. The third-order valence-corrected chi connectivity index (χ3v) is 7.79. The molecule has 0 fully saturated rings. The second-order valence-corrected chi connectivity index (χ2v) is 10.8. The van der Waals surface area contributed by atoms with Crippen LogP contribution < -0.4 is 113 Å². The molecular formula is C20H8I4K2O4. The third-order valence-electron chi connectivity index (χ3n) is 4.58. The van der Waals surface area contributed by atoms with Gasteiger partial charge in [0.25, 0.3) is 0 Å². The van der Waals surface area contributed by atoms with Crippen LogP contribution in [-0.2, 0) is 10.3 Å². The molecule has 4 rings (SSSR count). The first-order valence-corrected chi connectivity index (χ1v) is 12.2. The molecule has 0 N–H and O–H groups in total. The number of ether oxygens (including phenoxy) is 1. The van der Waals surface area contributed by atoms with Crippen LogP contribution in [0, 0.1) is 14.3 Å². The SMILES string of the molecule is O=C1OC(c2cc(I)c([O-])c(I)c2)(c2cc(I)c([O-])c(I)c2)c2ccccc21.[K+].[K+]. The van der Waals surface area contributed by atoms with Crippen molar-refractivity contribution in [1.29, 1.82) is 0 Å². The molecular weight excluding hydrogens is 890 g/mol. The van der Waals surface area contributed by atoms with Crippen LogP contribution in [0.3, 0.4) is 0 Å². The summed E-state index contributed by atoms with van der Waals surface area (Å²) in [5.74, 6) is -0.545. The Morgan fingerprint density at radius 1 is 0.733 bits per heavy atom. The Balaban J connectivity index is 0.00000160. The topological polar surface area (TPSA) is 72.4 Å². The predicted octanol–water partition coefficient (Wildman–Crippen LogP) is -1.28. The van der Waals surface area contributed by atoms with E-state index in [4.69, 9.17) is 4.74 Å². The standard InChI is InChI=1S/C20H10I4O4.2K/c21-13-5-9(6-14(22)17(13)25)20(10-7-15(23)18(26)16(24)8-10)12-4-2-1-3-11(12)19(27)28-20;;/h1-8,25-26H;;/q;2*+1/p-2. The van der Waals surface area contributed by atoms with Crippen LogP contribution in [0.25, 0.3) is 0 Å². The smallest absolute Gasteiger partial charge is 0.871 e. The number of halogens is 4. The fourth-order valence-electron chi connectivity index (χ4n) is 3.34. The number of carbonyl (C=O) groups excluding carboxylic acids is 1. The van der Waals surface area contributed by atoms with Crippen molar-refractivity contribution in [2.45, 2.75) is 5.60 Å². The first kappa shape index (κ1) is 29.2. The van der Waals surface area contributed by atoms with Gasteiger partial charge >= 0.3 is 109 Å². The van der Waals surface area contributed by atoms with E-state index >= 15 is 0 Å². The van der Waals surface area contributed by atoms with E-state index in [9.17, 15) is 15.0 Å². The second-order valence-electron chi connectivity index (χ2n) is 6.15. The maximum atomic E-state index is 12.7. The second kappa shape index (κ2) is 11.8. The number of fused-ring (bicyclic) bond motifs is 1. The summed E-state index contributed by atoms with van der Waals surface area (Å²) in [5.41, 5.74) is 1.34. The summed E-state index contributed by atoms with van der Waals surface area (Å²) < 4.78 is 8.22. The van der Waals surface area contributed by atoms with Gasteiger partial charge in [-0.2, -0.15) is 0 Å². The van der Waals surface area contributed by atoms with Gasteiger partial charge in [0.2, 0.25) is 0 Å². The Morgan fingerprint density at radius 3 is 1.57 bits per heavy atom. The average molecular weight is 898 g/mol. The molecule has 0 aromatic heterocycles. The summed E-state index contributed by atoms with van der Waals surface area (Å²) in [5, 5.41) is 24.5. The van der Waals surface area contributed by atoms with E-state index in [1.807, 2.05) is 102 Å². The number of hydrogen-bond acceptors (Lipinski definition) is 4. The van der Waals surface area contributed by atoms with E-state index < -0.39 is 11.6 Å².